The minimum atomic E-state index is 0.571. The van der Waals surface area contributed by atoms with Gasteiger partial charge in [0.2, 0.25) is 0 Å². The summed E-state index contributed by atoms with van der Waals surface area (Å²) in [5.41, 5.74) is 0. The van der Waals surface area contributed by atoms with Crippen molar-refractivity contribution in [1.82, 2.24) is 4.90 Å². The van der Waals surface area contributed by atoms with E-state index < -0.39 is 0 Å². The number of hydrogen-bond acceptors (Lipinski definition) is 2. The Balaban J connectivity index is 1.79. The fourth-order valence-corrected chi connectivity index (χ4v) is 3.95. The van der Waals surface area contributed by atoms with Gasteiger partial charge in [-0.3, -0.25) is 4.90 Å². The van der Waals surface area contributed by atoms with E-state index in [0.717, 1.165) is 12.0 Å². The standard InChI is InChI=1S/C13H19NS/c15-13-9-12(14-7-3-4-8-14)10-5-1-2-6-11(10)13/h1-2,5-6,10-13,15H,3-4,7-9H2. The molecule has 0 radical (unpaired) electrons. The lowest BCUT2D eigenvalue weighted by atomic mass is 9.89. The van der Waals surface area contributed by atoms with Gasteiger partial charge in [0.25, 0.3) is 0 Å². The first-order chi connectivity index (χ1) is 7.36. The van der Waals surface area contributed by atoms with E-state index in [9.17, 15) is 0 Å². The molecule has 2 aliphatic carbocycles. The van der Waals surface area contributed by atoms with Crippen LogP contribution in [-0.4, -0.2) is 29.3 Å². The average Bonchev–Trinajstić information content (AvgIpc) is 2.87. The minimum absolute atomic E-state index is 0.571. The molecular weight excluding hydrogens is 202 g/mol. The molecule has 1 saturated heterocycles. The van der Waals surface area contributed by atoms with E-state index in [0.29, 0.717) is 11.2 Å². The van der Waals surface area contributed by atoms with Crippen LogP contribution in [-0.2, 0) is 0 Å². The van der Waals surface area contributed by atoms with Crippen molar-refractivity contribution in [3.8, 4) is 0 Å². The predicted molar refractivity (Wildman–Crippen MR) is 67.2 cm³/mol. The first-order valence-corrected chi connectivity index (χ1v) is 6.65. The molecule has 0 bridgehead atoms. The van der Waals surface area contributed by atoms with Crippen LogP contribution in [0.25, 0.3) is 0 Å². The molecular formula is C13H19NS. The largest absolute Gasteiger partial charge is 0.300 e. The molecule has 0 aromatic rings. The Kier molecular flexibility index (Phi) is 2.65. The minimum Gasteiger partial charge on any atom is -0.300 e. The van der Waals surface area contributed by atoms with E-state index in [4.69, 9.17) is 12.6 Å². The van der Waals surface area contributed by atoms with Crippen LogP contribution in [0.3, 0.4) is 0 Å². The highest BCUT2D eigenvalue weighted by Crippen LogP contribution is 2.42. The smallest absolute Gasteiger partial charge is 0.0175 e. The number of nitrogens with zero attached hydrogens (tertiary/aromatic N) is 1. The van der Waals surface area contributed by atoms with Crippen LogP contribution in [0.5, 0.6) is 0 Å². The average molecular weight is 221 g/mol. The fraction of sp³-hybridized carbons (Fsp3) is 0.692. The van der Waals surface area contributed by atoms with Crippen LogP contribution in [0, 0.1) is 11.8 Å². The quantitative estimate of drug-likeness (QED) is 0.666. The molecule has 2 heteroatoms. The Morgan fingerprint density at radius 2 is 1.67 bits per heavy atom. The summed E-state index contributed by atoms with van der Waals surface area (Å²) >= 11 is 4.75. The molecule has 0 N–H and O–H groups in total. The zero-order valence-corrected chi connectivity index (χ0v) is 9.94. The zero-order chi connectivity index (χ0) is 10.3. The van der Waals surface area contributed by atoms with Crippen LogP contribution >= 0.6 is 12.6 Å². The molecule has 1 aliphatic heterocycles. The number of hydrogen-bond donors (Lipinski definition) is 1. The molecule has 0 spiro atoms. The topological polar surface area (TPSA) is 3.24 Å². The third-order valence-electron chi connectivity index (χ3n) is 4.20. The van der Waals surface area contributed by atoms with Gasteiger partial charge in [-0.2, -0.15) is 12.6 Å². The first-order valence-electron chi connectivity index (χ1n) is 6.13. The lowest BCUT2D eigenvalue weighted by Gasteiger charge is -2.29. The number of rotatable bonds is 1. The number of likely N-dealkylation sites (tertiary alicyclic amines) is 1. The van der Waals surface area contributed by atoms with E-state index in [1.807, 2.05) is 0 Å². The third kappa shape index (κ3) is 1.68. The summed E-state index contributed by atoms with van der Waals surface area (Å²) in [6.07, 6.45) is 13.2. The molecule has 15 heavy (non-hydrogen) atoms. The second-order valence-corrected chi connectivity index (χ2v) is 5.70. The van der Waals surface area contributed by atoms with E-state index in [1.54, 1.807) is 0 Å². The van der Waals surface area contributed by atoms with Crippen LogP contribution < -0.4 is 0 Å². The van der Waals surface area contributed by atoms with Gasteiger partial charge in [0.1, 0.15) is 0 Å². The van der Waals surface area contributed by atoms with Crippen LogP contribution in [0.4, 0.5) is 0 Å². The zero-order valence-electron chi connectivity index (χ0n) is 9.05. The van der Waals surface area contributed by atoms with Gasteiger partial charge in [0.15, 0.2) is 0 Å². The highest BCUT2D eigenvalue weighted by atomic mass is 32.1. The molecule has 0 aromatic carbocycles. The molecule has 1 saturated carbocycles. The van der Waals surface area contributed by atoms with E-state index >= 15 is 0 Å². The summed E-state index contributed by atoms with van der Waals surface area (Å²) in [6, 6.07) is 0.765. The van der Waals surface area contributed by atoms with Crippen molar-refractivity contribution in [2.75, 3.05) is 13.1 Å². The summed E-state index contributed by atoms with van der Waals surface area (Å²) in [5.74, 6) is 1.42. The maximum atomic E-state index is 4.75. The molecule has 2 fully saturated rings. The monoisotopic (exact) mass is 221 g/mol. The Morgan fingerprint density at radius 1 is 1.00 bits per heavy atom. The Hall–Kier alpha value is -0.210. The summed E-state index contributed by atoms with van der Waals surface area (Å²) in [4.78, 5) is 2.69. The maximum Gasteiger partial charge on any atom is 0.0175 e. The van der Waals surface area contributed by atoms with Crippen molar-refractivity contribution in [3.05, 3.63) is 24.3 Å². The van der Waals surface area contributed by atoms with E-state index in [1.165, 1.54) is 32.4 Å². The van der Waals surface area contributed by atoms with Gasteiger partial charge >= 0.3 is 0 Å². The highest BCUT2D eigenvalue weighted by molar-refractivity contribution is 7.81. The van der Waals surface area contributed by atoms with Gasteiger partial charge < -0.3 is 0 Å². The van der Waals surface area contributed by atoms with Crippen molar-refractivity contribution in [2.24, 2.45) is 11.8 Å². The van der Waals surface area contributed by atoms with Crippen molar-refractivity contribution < 1.29 is 0 Å². The summed E-state index contributed by atoms with van der Waals surface area (Å²) in [6.45, 7) is 2.62. The second-order valence-electron chi connectivity index (χ2n) is 5.04. The molecule has 82 valence electrons. The summed E-state index contributed by atoms with van der Waals surface area (Å²) in [7, 11) is 0. The SMILES string of the molecule is SC1CC(N2CCCC2)C2C=CC=CC12. The van der Waals surface area contributed by atoms with Gasteiger partial charge in [-0.05, 0) is 38.3 Å². The molecule has 3 aliphatic rings. The van der Waals surface area contributed by atoms with Gasteiger partial charge in [-0.15, -0.1) is 0 Å². The number of allylic oxidation sites excluding steroid dienone is 3. The lowest BCUT2D eigenvalue weighted by molar-refractivity contribution is 0.210. The molecule has 4 unspecified atom stereocenters. The van der Waals surface area contributed by atoms with Crippen LogP contribution in [0.15, 0.2) is 24.3 Å². The van der Waals surface area contributed by atoms with Crippen LogP contribution in [0.1, 0.15) is 19.3 Å². The first kappa shape index (κ1) is 9.98. The molecule has 0 aromatic heterocycles. The molecule has 0 amide bonds. The highest BCUT2D eigenvalue weighted by Gasteiger charge is 2.42. The van der Waals surface area contributed by atoms with Crippen molar-refractivity contribution >= 4 is 12.6 Å². The summed E-state index contributed by atoms with van der Waals surface area (Å²) in [5, 5.41) is 0.571. The predicted octanol–water partition coefficient (Wildman–Crippen LogP) is 2.51. The molecule has 1 heterocycles. The normalized spacial score (nSPS) is 44.9. The summed E-state index contributed by atoms with van der Waals surface area (Å²) < 4.78 is 0. The van der Waals surface area contributed by atoms with E-state index in [-0.39, 0.29) is 0 Å². The van der Waals surface area contributed by atoms with Gasteiger partial charge in [0.05, 0.1) is 0 Å². The van der Waals surface area contributed by atoms with Gasteiger partial charge in [-0.1, -0.05) is 24.3 Å². The van der Waals surface area contributed by atoms with Gasteiger partial charge in [0, 0.05) is 17.2 Å². The van der Waals surface area contributed by atoms with Crippen molar-refractivity contribution in [2.45, 2.75) is 30.6 Å². The Labute approximate surface area is 97.6 Å². The van der Waals surface area contributed by atoms with Gasteiger partial charge in [-0.25, -0.2) is 0 Å². The third-order valence-corrected chi connectivity index (χ3v) is 4.76. The molecule has 3 rings (SSSR count). The van der Waals surface area contributed by atoms with E-state index in [2.05, 4.69) is 29.2 Å². The Morgan fingerprint density at radius 3 is 2.40 bits per heavy atom. The molecule has 4 atom stereocenters. The number of fused-ring (bicyclic) bond motifs is 1. The van der Waals surface area contributed by atoms with Crippen molar-refractivity contribution in [1.29, 1.82) is 0 Å². The second kappa shape index (κ2) is 3.99. The van der Waals surface area contributed by atoms with Crippen molar-refractivity contribution in [3.63, 3.8) is 0 Å². The number of thiol groups is 1. The Bertz CT molecular complexity index is 291. The molecule has 1 nitrogen and oxygen atoms in total. The maximum absolute atomic E-state index is 4.75. The van der Waals surface area contributed by atoms with Crippen LogP contribution in [0.2, 0.25) is 0 Å². The fourth-order valence-electron chi connectivity index (χ4n) is 3.44. The lowest BCUT2D eigenvalue weighted by Crippen LogP contribution is -2.36.